The van der Waals surface area contributed by atoms with Gasteiger partial charge in [-0.1, -0.05) is 178 Å². The number of hydrogen-bond donors (Lipinski definition) is 3. The van der Waals surface area contributed by atoms with E-state index in [0.29, 0.717) is 6.42 Å². The average molecular weight is 736 g/mol. The molecule has 0 aliphatic carbocycles. The first-order valence-corrected chi connectivity index (χ1v) is 22.9. The fourth-order valence-electron chi connectivity index (χ4n) is 6.24. The highest BCUT2D eigenvalue weighted by atomic mass is 32.2. The first kappa shape index (κ1) is 49.3. The largest absolute Gasteiger partial charge is 0.387 e. The van der Waals surface area contributed by atoms with Gasteiger partial charge in [-0.15, -0.1) is 0 Å². The van der Waals surface area contributed by atoms with Crippen molar-refractivity contribution in [1.29, 1.82) is 0 Å². The SMILES string of the molecule is CCCCCCCC/C=C\CCCCCCCCCC(=O)NC(CS(=O)(=O)O)C(O)/C=C/CC/C=C/CC/C=C/CCCCCCCCCCC. The van der Waals surface area contributed by atoms with E-state index < -0.39 is 28.0 Å². The van der Waals surface area contributed by atoms with Crippen LogP contribution in [-0.2, 0) is 14.9 Å². The molecule has 0 aromatic rings. The zero-order valence-corrected chi connectivity index (χ0v) is 34.0. The molecule has 7 heteroatoms. The summed E-state index contributed by atoms with van der Waals surface area (Å²) in [6.45, 7) is 4.52. The Balaban J connectivity index is 3.99. The van der Waals surface area contributed by atoms with Gasteiger partial charge in [-0.05, 0) is 70.6 Å². The van der Waals surface area contributed by atoms with Crippen LogP contribution in [0.1, 0.15) is 206 Å². The maximum Gasteiger partial charge on any atom is 0.267 e. The van der Waals surface area contributed by atoms with Crippen LogP contribution in [0.25, 0.3) is 0 Å². The Morgan fingerprint density at radius 3 is 1.24 bits per heavy atom. The summed E-state index contributed by atoms with van der Waals surface area (Å²) in [6, 6.07) is -1.08. The first-order valence-electron chi connectivity index (χ1n) is 21.3. The Bertz CT molecular complexity index is 987. The lowest BCUT2D eigenvalue weighted by Crippen LogP contribution is -2.46. The third-order valence-corrected chi connectivity index (χ3v) is 10.2. The molecule has 0 aliphatic heterocycles. The number of aliphatic hydroxyl groups is 1. The number of unbranched alkanes of at least 4 members (excludes halogenated alkanes) is 24. The van der Waals surface area contributed by atoms with Crippen LogP contribution < -0.4 is 5.32 Å². The average Bonchev–Trinajstić information content (AvgIpc) is 3.09. The Morgan fingerprint density at radius 2 is 0.843 bits per heavy atom. The van der Waals surface area contributed by atoms with Crippen LogP contribution in [0.15, 0.2) is 48.6 Å². The van der Waals surface area contributed by atoms with Crippen molar-refractivity contribution in [3.05, 3.63) is 48.6 Å². The third kappa shape index (κ3) is 39.3. The molecular formula is C44H81NO5S. The summed E-state index contributed by atoms with van der Waals surface area (Å²) < 4.78 is 32.5. The van der Waals surface area contributed by atoms with Gasteiger partial charge in [0.1, 0.15) is 0 Å². The monoisotopic (exact) mass is 736 g/mol. The van der Waals surface area contributed by atoms with Gasteiger partial charge in [0.2, 0.25) is 5.91 Å². The summed E-state index contributed by atoms with van der Waals surface area (Å²) >= 11 is 0. The molecule has 0 heterocycles. The number of amides is 1. The molecule has 0 saturated carbocycles. The van der Waals surface area contributed by atoms with Crippen LogP contribution in [0.2, 0.25) is 0 Å². The summed E-state index contributed by atoms with van der Waals surface area (Å²) in [5, 5.41) is 13.2. The van der Waals surface area contributed by atoms with Crippen molar-refractivity contribution in [2.45, 2.75) is 219 Å². The highest BCUT2D eigenvalue weighted by Crippen LogP contribution is 2.13. The molecule has 0 saturated heterocycles. The van der Waals surface area contributed by atoms with Gasteiger partial charge in [0.25, 0.3) is 10.1 Å². The molecule has 2 atom stereocenters. The number of aliphatic hydroxyl groups excluding tert-OH is 1. The summed E-state index contributed by atoms with van der Waals surface area (Å²) in [5.74, 6) is -1.01. The molecule has 51 heavy (non-hydrogen) atoms. The van der Waals surface area contributed by atoms with Gasteiger partial charge >= 0.3 is 0 Å². The van der Waals surface area contributed by atoms with E-state index >= 15 is 0 Å². The van der Waals surface area contributed by atoms with Crippen LogP contribution in [-0.4, -0.2) is 41.9 Å². The number of rotatable bonds is 38. The molecular weight excluding hydrogens is 655 g/mol. The van der Waals surface area contributed by atoms with E-state index in [2.05, 4.69) is 55.6 Å². The van der Waals surface area contributed by atoms with E-state index in [4.69, 9.17) is 0 Å². The summed E-state index contributed by atoms with van der Waals surface area (Å²) in [4.78, 5) is 12.5. The maximum absolute atomic E-state index is 12.5. The number of allylic oxidation sites excluding steroid dienone is 7. The second-order valence-electron chi connectivity index (χ2n) is 14.6. The van der Waals surface area contributed by atoms with Crippen LogP contribution in [0.3, 0.4) is 0 Å². The lowest BCUT2D eigenvalue weighted by molar-refractivity contribution is -0.122. The van der Waals surface area contributed by atoms with Gasteiger partial charge in [-0.2, -0.15) is 8.42 Å². The van der Waals surface area contributed by atoms with Crippen molar-refractivity contribution in [2.75, 3.05) is 5.75 Å². The number of nitrogens with one attached hydrogen (secondary N) is 1. The molecule has 0 spiro atoms. The number of carbonyl (C=O) groups is 1. The highest BCUT2D eigenvalue weighted by Gasteiger charge is 2.24. The molecule has 298 valence electrons. The van der Waals surface area contributed by atoms with Crippen LogP contribution in [0.5, 0.6) is 0 Å². The maximum atomic E-state index is 12.5. The topological polar surface area (TPSA) is 104 Å². The van der Waals surface area contributed by atoms with E-state index in [-0.39, 0.29) is 12.3 Å². The van der Waals surface area contributed by atoms with Gasteiger partial charge in [0, 0.05) is 6.42 Å². The van der Waals surface area contributed by atoms with Gasteiger partial charge in [0.05, 0.1) is 17.9 Å². The van der Waals surface area contributed by atoms with E-state index in [9.17, 15) is 22.9 Å². The predicted octanol–water partition coefficient (Wildman–Crippen LogP) is 12.7. The van der Waals surface area contributed by atoms with E-state index in [0.717, 1.165) is 51.4 Å². The molecule has 2 unspecified atom stereocenters. The Hall–Kier alpha value is -1.70. The highest BCUT2D eigenvalue weighted by molar-refractivity contribution is 7.85. The lowest BCUT2D eigenvalue weighted by atomic mass is 10.1. The van der Waals surface area contributed by atoms with Crippen molar-refractivity contribution < 1.29 is 22.9 Å². The fourth-order valence-corrected chi connectivity index (χ4v) is 6.97. The van der Waals surface area contributed by atoms with Crippen molar-refractivity contribution in [3.63, 3.8) is 0 Å². The van der Waals surface area contributed by atoms with Gasteiger partial charge in [-0.3, -0.25) is 9.35 Å². The second-order valence-corrected chi connectivity index (χ2v) is 16.1. The third-order valence-electron chi connectivity index (χ3n) is 9.46. The van der Waals surface area contributed by atoms with E-state index in [1.165, 1.54) is 134 Å². The van der Waals surface area contributed by atoms with E-state index in [1.54, 1.807) is 6.08 Å². The Labute approximate surface area is 316 Å². The van der Waals surface area contributed by atoms with Crippen LogP contribution in [0, 0.1) is 0 Å². The van der Waals surface area contributed by atoms with Crippen molar-refractivity contribution in [1.82, 2.24) is 5.32 Å². The van der Waals surface area contributed by atoms with Crippen LogP contribution >= 0.6 is 0 Å². The number of hydrogen-bond acceptors (Lipinski definition) is 4. The van der Waals surface area contributed by atoms with Crippen molar-refractivity contribution >= 4 is 16.0 Å². The molecule has 0 aromatic heterocycles. The molecule has 0 aliphatic rings. The van der Waals surface area contributed by atoms with Crippen molar-refractivity contribution in [2.24, 2.45) is 0 Å². The van der Waals surface area contributed by atoms with Crippen LogP contribution in [0.4, 0.5) is 0 Å². The molecule has 0 radical (unpaired) electrons. The minimum absolute atomic E-state index is 0.279. The smallest absolute Gasteiger partial charge is 0.267 e. The zero-order chi connectivity index (χ0) is 37.5. The molecule has 1 amide bonds. The molecule has 6 nitrogen and oxygen atoms in total. The summed E-state index contributed by atoms with van der Waals surface area (Å²) in [6.07, 6.45) is 51.0. The summed E-state index contributed by atoms with van der Waals surface area (Å²) in [7, 11) is -4.36. The molecule has 3 N–H and O–H groups in total. The quantitative estimate of drug-likeness (QED) is 0.0333. The molecule has 0 bridgehead atoms. The van der Waals surface area contributed by atoms with Crippen molar-refractivity contribution in [3.8, 4) is 0 Å². The molecule has 0 aromatic carbocycles. The van der Waals surface area contributed by atoms with Gasteiger partial charge in [-0.25, -0.2) is 0 Å². The molecule has 0 fully saturated rings. The first-order chi connectivity index (χ1) is 24.8. The standard InChI is InChI=1S/C44H81NO5S/c1-3-5-7-9-11-13-15-17-19-21-22-24-25-27-29-31-33-35-37-39-43(46)42(41-51(48,49)50)45-44(47)40-38-36-34-32-30-28-26-23-20-18-16-14-12-10-8-6-4-2/h18,20,22,24,29,31,37,39,42-43,46H,3-17,19,21,23,25-28,30,32-36,38,40-41H2,1-2H3,(H,45,47)(H,48,49,50)/b20-18-,24-22+,31-29+,39-37+. The van der Waals surface area contributed by atoms with Gasteiger partial charge < -0.3 is 10.4 Å². The normalized spacial score (nSPS) is 13.7. The second kappa shape index (κ2) is 38.0. The predicted molar refractivity (Wildman–Crippen MR) is 221 cm³/mol. The van der Waals surface area contributed by atoms with E-state index in [1.807, 2.05) is 0 Å². The fraction of sp³-hybridized carbons (Fsp3) is 0.795. The minimum Gasteiger partial charge on any atom is -0.387 e. The number of carbonyl (C=O) groups excluding carboxylic acids is 1. The molecule has 0 rings (SSSR count). The Kier molecular flexibility index (Phi) is 36.8. The zero-order valence-electron chi connectivity index (χ0n) is 33.2. The summed E-state index contributed by atoms with van der Waals surface area (Å²) in [5.41, 5.74) is 0. The lowest BCUT2D eigenvalue weighted by Gasteiger charge is -2.21. The van der Waals surface area contributed by atoms with Gasteiger partial charge in [0.15, 0.2) is 0 Å². The Morgan fingerprint density at radius 1 is 0.510 bits per heavy atom. The minimum atomic E-state index is -4.36.